The summed E-state index contributed by atoms with van der Waals surface area (Å²) in [5, 5.41) is 9.20. The average molecular weight is 337 g/mol. The smallest absolute Gasteiger partial charge is 0.342 e. The predicted molar refractivity (Wildman–Crippen MR) is 82.2 cm³/mol. The standard InChI is InChI=1S/C14H15N3O5S/c18-11-5-7-16(8-6-11)10-1-3-12(4-2-10)23(21,22)17-9-13(19)15-14(17)20/h1-4,9,19H,5-8H2,(H,15,20). The number of piperidine rings is 1. The van der Waals surface area contributed by atoms with Crippen LogP contribution in [0.2, 0.25) is 0 Å². The van der Waals surface area contributed by atoms with Crippen LogP contribution < -0.4 is 10.6 Å². The van der Waals surface area contributed by atoms with E-state index in [4.69, 9.17) is 0 Å². The fourth-order valence-corrected chi connectivity index (χ4v) is 3.71. The van der Waals surface area contributed by atoms with Crippen LogP contribution in [0.4, 0.5) is 5.69 Å². The van der Waals surface area contributed by atoms with Crippen molar-refractivity contribution in [2.45, 2.75) is 17.7 Å². The third-order valence-electron chi connectivity index (χ3n) is 3.75. The van der Waals surface area contributed by atoms with Gasteiger partial charge in [0.05, 0.1) is 11.1 Å². The van der Waals surface area contributed by atoms with Gasteiger partial charge in [-0.05, 0) is 24.3 Å². The van der Waals surface area contributed by atoms with E-state index in [1.807, 2.05) is 9.88 Å². The quantitative estimate of drug-likeness (QED) is 0.832. The van der Waals surface area contributed by atoms with Crippen LogP contribution in [-0.4, -0.2) is 41.4 Å². The zero-order valence-corrected chi connectivity index (χ0v) is 12.9. The fourth-order valence-electron chi connectivity index (χ4n) is 2.50. The number of Topliss-reactive ketones (excluding diaryl/α,β-unsaturated/α-hetero) is 1. The van der Waals surface area contributed by atoms with Crippen LogP contribution in [0.25, 0.3) is 0 Å². The second kappa shape index (κ2) is 5.58. The molecule has 0 spiro atoms. The van der Waals surface area contributed by atoms with Gasteiger partial charge >= 0.3 is 5.69 Å². The molecule has 1 aliphatic heterocycles. The number of ketones is 1. The van der Waals surface area contributed by atoms with E-state index in [-0.39, 0.29) is 10.7 Å². The molecule has 2 aromatic rings. The molecule has 122 valence electrons. The Balaban J connectivity index is 1.88. The lowest BCUT2D eigenvalue weighted by Crippen LogP contribution is -2.33. The van der Waals surface area contributed by atoms with E-state index in [0.29, 0.717) is 29.9 Å². The number of imidazole rings is 1. The van der Waals surface area contributed by atoms with Crippen LogP contribution in [0, 0.1) is 0 Å². The molecule has 0 bridgehead atoms. The Morgan fingerprint density at radius 2 is 1.65 bits per heavy atom. The summed E-state index contributed by atoms with van der Waals surface area (Å²) in [5.74, 6) is -0.291. The molecule has 1 aromatic heterocycles. The number of hydrogen-bond acceptors (Lipinski definition) is 6. The van der Waals surface area contributed by atoms with E-state index in [2.05, 4.69) is 0 Å². The summed E-state index contributed by atoms with van der Waals surface area (Å²) in [4.78, 5) is 26.7. The number of rotatable bonds is 3. The van der Waals surface area contributed by atoms with Gasteiger partial charge in [0.25, 0.3) is 10.0 Å². The van der Waals surface area contributed by atoms with Crippen LogP contribution >= 0.6 is 0 Å². The average Bonchev–Trinajstić information content (AvgIpc) is 2.87. The van der Waals surface area contributed by atoms with Gasteiger partial charge in [-0.2, -0.15) is 3.97 Å². The summed E-state index contributed by atoms with van der Waals surface area (Å²) >= 11 is 0. The number of carbonyl (C=O) groups is 1. The maximum Gasteiger partial charge on any atom is 0.342 e. The number of nitrogens with zero attached hydrogens (tertiary/aromatic N) is 2. The molecule has 1 fully saturated rings. The second-order valence-corrected chi connectivity index (χ2v) is 7.08. The minimum atomic E-state index is -4.06. The van der Waals surface area contributed by atoms with Gasteiger partial charge in [0, 0.05) is 31.6 Å². The summed E-state index contributed by atoms with van der Waals surface area (Å²) in [5.41, 5.74) is -0.109. The van der Waals surface area contributed by atoms with Gasteiger partial charge < -0.3 is 10.0 Å². The van der Waals surface area contributed by atoms with Gasteiger partial charge in [0.15, 0.2) is 0 Å². The van der Waals surface area contributed by atoms with Crippen molar-refractivity contribution in [1.82, 2.24) is 8.96 Å². The minimum Gasteiger partial charge on any atom is -0.493 e. The lowest BCUT2D eigenvalue weighted by Gasteiger charge is -2.28. The van der Waals surface area contributed by atoms with Crippen LogP contribution in [0.1, 0.15) is 12.8 Å². The highest BCUT2D eigenvalue weighted by atomic mass is 32.2. The fraction of sp³-hybridized carbons (Fsp3) is 0.286. The van der Waals surface area contributed by atoms with Crippen LogP contribution in [0.5, 0.6) is 5.88 Å². The largest absolute Gasteiger partial charge is 0.493 e. The highest BCUT2D eigenvalue weighted by Gasteiger charge is 2.21. The van der Waals surface area contributed by atoms with Gasteiger partial charge in [-0.1, -0.05) is 0 Å². The molecular weight excluding hydrogens is 322 g/mol. The number of nitrogens with one attached hydrogen (secondary N) is 1. The van der Waals surface area contributed by atoms with Crippen LogP contribution in [-0.2, 0) is 14.8 Å². The molecule has 2 N–H and O–H groups in total. The Hall–Kier alpha value is -2.55. The molecule has 1 aromatic carbocycles. The maximum atomic E-state index is 12.4. The lowest BCUT2D eigenvalue weighted by molar-refractivity contribution is -0.119. The molecule has 0 saturated carbocycles. The molecule has 1 saturated heterocycles. The summed E-state index contributed by atoms with van der Waals surface area (Å²) in [6.45, 7) is 1.21. The number of aromatic nitrogens is 2. The summed E-state index contributed by atoms with van der Waals surface area (Å²) in [7, 11) is -4.06. The molecule has 0 aliphatic carbocycles. The topological polar surface area (TPSA) is 112 Å². The Kier molecular flexibility index (Phi) is 3.72. The molecule has 0 radical (unpaired) electrons. The predicted octanol–water partition coefficient (Wildman–Crippen LogP) is 0.288. The highest BCUT2D eigenvalue weighted by Crippen LogP contribution is 2.22. The monoisotopic (exact) mass is 337 g/mol. The van der Waals surface area contributed by atoms with Crippen molar-refractivity contribution in [3.05, 3.63) is 40.9 Å². The zero-order valence-electron chi connectivity index (χ0n) is 12.1. The minimum absolute atomic E-state index is 0.0598. The van der Waals surface area contributed by atoms with Gasteiger partial charge in [0.1, 0.15) is 5.78 Å². The molecule has 1 aliphatic rings. The summed E-state index contributed by atoms with van der Waals surface area (Å²) in [6, 6.07) is 6.08. The number of anilines is 1. The first-order valence-electron chi connectivity index (χ1n) is 7.01. The normalized spacial score (nSPS) is 15.8. The first kappa shape index (κ1) is 15.3. The lowest BCUT2D eigenvalue weighted by atomic mass is 10.1. The first-order chi connectivity index (χ1) is 10.9. The molecule has 3 rings (SSSR count). The molecule has 0 unspecified atom stereocenters. The molecule has 2 heterocycles. The van der Waals surface area contributed by atoms with Gasteiger partial charge in [-0.15, -0.1) is 0 Å². The van der Waals surface area contributed by atoms with Crippen LogP contribution in [0.15, 0.2) is 40.2 Å². The third-order valence-corrected chi connectivity index (χ3v) is 5.41. The molecule has 23 heavy (non-hydrogen) atoms. The highest BCUT2D eigenvalue weighted by molar-refractivity contribution is 7.90. The number of aromatic amines is 1. The Morgan fingerprint density at radius 1 is 1.04 bits per heavy atom. The molecular formula is C14H15N3O5S. The molecule has 0 amide bonds. The van der Waals surface area contributed by atoms with Crippen LogP contribution in [0.3, 0.4) is 0 Å². The van der Waals surface area contributed by atoms with Crippen molar-refractivity contribution in [2.75, 3.05) is 18.0 Å². The van der Waals surface area contributed by atoms with Crippen molar-refractivity contribution < 1.29 is 18.3 Å². The van der Waals surface area contributed by atoms with Crippen molar-refractivity contribution in [1.29, 1.82) is 0 Å². The van der Waals surface area contributed by atoms with E-state index in [9.17, 15) is 23.1 Å². The van der Waals surface area contributed by atoms with Gasteiger partial charge in [-0.25, -0.2) is 13.2 Å². The zero-order chi connectivity index (χ0) is 16.6. The maximum absolute atomic E-state index is 12.4. The van der Waals surface area contributed by atoms with Gasteiger partial charge in [0.2, 0.25) is 5.88 Å². The number of benzene rings is 1. The van der Waals surface area contributed by atoms with E-state index in [1.54, 1.807) is 12.1 Å². The number of aromatic hydroxyl groups is 1. The SMILES string of the molecule is O=C1CCN(c2ccc(S(=O)(=O)n3cc(O)[nH]c3=O)cc2)CC1. The van der Waals surface area contributed by atoms with Crippen molar-refractivity contribution in [3.63, 3.8) is 0 Å². The van der Waals surface area contributed by atoms with Crippen molar-refractivity contribution in [2.24, 2.45) is 0 Å². The van der Waals surface area contributed by atoms with E-state index >= 15 is 0 Å². The number of hydrogen-bond donors (Lipinski definition) is 2. The van der Waals surface area contributed by atoms with E-state index in [0.717, 1.165) is 11.9 Å². The van der Waals surface area contributed by atoms with E-state index < -0.39 is 21.6 Å². The Bertz CT molecular complexity index is 885. The van der Waals surface area contributed by atoms with E-state index in [1.165, 1.54) is 12.1 Å². The van der Waals surface area contributed by atoms with Gasteiger partial charge in [-0.3, -0.25) is 9.78 Å². The summed E-state index contributed by atoms with van der Waals surface area (Å²) in [6.07, 6.45) is 1.79. The Morgan fingerprint density at radius 3 is 2.17 bits per heavy atom. The summed E-state index contributed by atoms with van der Waals surface area (Å²) < 4.78 is 25.2. The van der Waals surface area contributed by atoms with Crippen molar-refractivity contribution in [3.8, 4) is 5.88 Å². The number of carbonyl (C=O) groups excluding carboxylic acids is 1. The molecule has 9 heteroatoms. The molecule has 0 atom stereocenters. The molecule has 8 nitrogen and oxygen atoms in total. The number of H-pyrrole nitrogens is 1. The first-order valence-corrected chi connectivity index (χ1v) is 8.45. The van der Waals surface area contributed by atoms with Crippen molar-refractivity contribution >= 4 is 21.5 Å². The Labute approximate surface area is 132 Å². The second-order valence-electron chi connectivity index (χ2n) is 5.26. The third kappa shape index (κ3) is 2.87.